The molecule has 2 rings (SSSR count). The number of likely N-dealkylation sites (N-methyl/N-ethyl adjacent to an activating group) is 1. The largest absolute Gasteiger partial charge is 0.492 e. The molecule has 1 heterocycles. The van der Waals surface area contributed by atoms with Crippen molar-refractivity contribution in [2.24, 2.45) is 11.7 Å². The van der Waals surface area contributed by atoms with Crippen LogP contribution in [0.1, 0.15) is 20.3 Å². The first-order valence-corrected chi connectivity index (χ1v) is 7.98. The Hall–Kier alpha value is -2.08. The zero-order valence-electron chi connectivity index (χ0n) is 14.0. The number of carbonyl (C=O) groups excluding carboxylic acids is 2. The summed E-state index contributed by atoms with van der Waals surface area (Å²) in [6.45, 7) is 5.11. The van der Waals surface area contributed by atoms with Crippen molar-refractivity contribution in [3.63, 3.8) is 0 Å². The molecule has 0 aliphatic carbocycles. The number of carbonyl (C=O) groups is 2. The second kappa shape index (κ2) is 7.46. The van der Waals surface area contributed by atoms with Gasteiger partial charge in [-0.15, -0.1) is 0 Å². The molecule has 6 heteroatoms. The van der Waals surface area contributed by atoms with E-state index in [4.69, 9.17) is 10.5 Å². The zero-order chi connectivity index (χ0) is 17.0. The molecule has 1 saturated heterocycles. The predicted octanol–water partition coefficient (Wildman–Crippen LogP) is 1.24. The minimum absolute atomic E-state index is 0.0345. The van der Waals surface area contributed by atoms with Crippen molar-refractivity contribution in [3.8, 4) is 5.75 Å². The minimum atomic E-state index is -0.337. The van der Waals surface area contributed by atoms with Crippen LogP contribution in [-0.2, 0) is 9.59 Å². The molecule has 23 heavy (non-hydrogen) atoms. The molecule has 2 amide bonds. The Morgan fingerprint density at radius 2 is 2.17 bits per heavy atom. The number of rotatable bonds is 6. The van der Waals surface area contributed by atoms with E-state index in [-0.39, 0.29) is 30.2 Å². The van der Waals surface area contributed by atoms with Crippen molar-refractivity contribution < 1.29 is 14.3 Å². The molecular weight excluding hydrogens is 294 g/mol. The summed E-state index contributed by atoms with van der Waals surface area (Å²) in [4.78, 5) is 28.2. The van der Waals surface area contributed by atoms with E-state index >= 15 is 0 Å². The molecule has 0 aromatic heterocycles. The van der Waals surface area contributed by atoms with E-state index in [2.05, 4.69) is 0 Å². The first kappa shape index (κ1) is 17.3. The maximum Gasteiger partial charge on any atom is 0.228 e. The number of anilines is 1. The molecule has 2 atom stereocenters. The lowest BCUT2D eigenvalue weighted by Gasteiger charge is -2.26. The molecule has 1 aromatic carbocycles. The van der Waals surface area contributed by atoms with E-state index < -0.39 is 0 Å². The van der Waals surface area contributed by atoms with Gasteiger partial charge in [0.25, 0.3) is 0 Å². The fourth-order valence-corrected chi connectivity index (χ4v) is 2.73. The molecular formula is C17H25N3O3. The van der Waals surface area contributed by atoms with Crippen molar-refractivity contribution in [1.82, 2.24) is 4.90 Å². The summed E-state index contributed by atoms with van der Waals surface area (Å²) in [6.07, 6.45) is 0.223. The normalized spacial score (nSPS) is 18.9. The summed E-state index contributed by atoms with van der Waals surface area (Å²) in [5, 5.41) is 0. The smallest absolute Gasteiger partial charge is 0.228 e. The van der Waals surface area contributed by atoms with Crippen LogP contribution in [0.15, 0.2) is 24.3 Å². The maximum absolute atomic E-state index is 12.5. The highest BCUT2D eigenvalue weighted by Crippen LogP contribution is 2.33. The van der Waals surface area contributed by atoms with Gasteiger partial charge in [-0.2, -0.15) is 0 Å². The van der Waals surface area contributed by atoms with Crippen LogP contribution in [0.2, 0.25) is 0 Å². The van der Waals surface area contributed by atoms with E-state index in [9.17, 15) is 9.59 Å². The zero-order valence-corrected chi connectivity index (χ0v) is 14.0. The first-order valence-electron chi connectivity index (χ1n) is 7.98. The molecule has 0 spiro atoms. The molecule has 1 fully saturated rings. The van der Waals surface area contributed by atoms with Gasteiger partial charge in [-0.1, -0.05) is 12.1 Å². The third-order valence-corrected chi connectivity index (χ3v) is 4.28. The fraction of sp³-hybridized carbons (Fsp3) is 0.529. The molecule has 1 aromatic rings. The molecule has 6 nitrogen and oxygen atoms in total. The summed E-state index contributed by atoms with van der Waals surface area (Å²) in [5.41, 5.74) is 6.35. The number of ether oxygens (including phenoxy) is 1. The Morgan fingerprint density at radius 1 is 1.48 bits per heavy atom. The minimum Gasteiger partial charge on any atom is -0.492 e. The van der Waals surface area contributed by atoms with Gasteiger partial charge in [0, 0.05) is 32.6 Å². The SMILES string of the molecule is CCOc1ccccc1N1CC(C(=O)N(C)C(C)CN)CC1=O. The van der Waals surface area contributed by atoms with Gasteiger partial charge in [0.05, 0.1) is 18.2 Å². The maximum atomic E-state index is 12.5. The number of para-hydroxylation sites is 2. The van der Waals surface area contributed by atoms with Crippen molar-refractivity contribution in [2.75, 3.05) is 31.6 Å². The van der Waals surface area contributed by atoms with E-state index in [1.807, 2.05) is 38.1 Å². The topological polar surface area (TPSA) is 75.9 Å². The molecule has 126 valence electrons. The highest BCUT2D eigenvalue weighted by molar-refractivity contribution is 6.01. The van der Waals surface area contributed by atoms with E-state index in [1.165, 1.54) is 0 Å². The van der Waals surface area contributed by atoms with Gasteiger partial charge in [-0.3, -0.25) is 9.59 Å². The van der Waals surface area contributed by atoms with Gasteiger partial charge >= 0.3 is 0 Å². The standard InChI is InChI=1S/C17H25N3O3/c1-4-23-15-8-6-5-7-14(15)20-11-13(9-16(20)21)17(22)19(3)12(2)10-18/h5-8,12-13H,4,9-11,18H2,1-3H3. The lowest BCUT2D eigenvalue weighted by molar-refractivity contribution is -0.136. The quantitative estimate of drug-likeness (QED) is 0.856. The second-order valence-electron chi connectivity index (χ2n) is 5.84. The Bertz CT molecular complexity index is 576. The summed E-state index contributed by atoms with van der Waals surface area (Å²) in [6, 6.07) is 7.38. The van der Waals surface area contributed by atoms with Crippen LogP contribution in [0, 0.1) is 5.92 Å². The van der Waals surface area contributed by atoms with E-state index in [0.29, 0.717) is 25.4 Å². The predicted molar refractivity (Wildman–Crippen MR) is 89.4 cm³/mol. The Balaban J connectivity index is 2.16. The van der Waals surface area contributed by atoms with Crippen LogP contribution in [-0.4, -0.2) is 49.5 Å². The highest BCUT2D eigenvalue weighted by Gasteiger charge is 2.38. The van der Waals surface area contributed by atoms with Crippen LogP contribution >= 0.6 is 0 Å². The van der Waals surface area contributed by atoms with E-state index in [1.54, 1.807) is 16.8 Å². The molecule has 0 saturated carbocycles. The Morgan fingerprint density at radius 3 is 2.83 bits per heavy atom. The van der Waals surface area contributed by atoms with Gasteiger partial charge in [-0.05, 0) is 26.0 Å². The fourth-order valence-electron chi connectivity index (χ4n) is 2.73. The summed E-state index contributed by atoms with van der Waals surface area (Å²) in [5.74, 6) is 0.244. The molecule has 2 N–H and O–H groups in total. The third-order valence-electron chi connectivity index (χ3n) is 4.28. The van der Waals surface area contributed by atoms with Crippen molar-refractivity contribution in [3.05, 3.63) is 24.3 Å². The Kier molecular flexibility index (Phi) is 5.60. The number of amides is 2. The van der Waals surface area contributed by atoms with Crippen LogP contribution in [0.25, 0.3) is 0 Å². The second-order valence-corrected chi connectivity index (χ2v) is 5.84. The number of benzene rings is 1. The molecule has 0 radical (unpaired) electrons. The third kappa shape index (κ3) is 3.64. The lowest BCUT2D eigenvalue weighted by atomic mass is 10.1. The van der Waals surface area contributed by atoms with Gasteiger partial charge in [0.1, 0.15) is 5.75 Å². The average Bonchev–Trinajstić information content (AvgIpc) is 2.95. The lowest BCUT2D eigenvalue weighted by Crippen LogP contribution is -2.43. The van der Waals surface area contributed by atoms with Crippen LogP contribution in [0.5, 0.6) is 5.75 Å². The van der Waals surface area contributed by atoms with Crippen LogP contribution in [0.3, 0.4) is 0 Å². The number of nitrogens with zero attached hydrogens (tertiary/aromatic N) is 2. The average molecular weight is 319 g/mol. The monoisotopic (exact) mass is 319 g/mol. The van der Waals surface area contributed by atoms with Crippen LogP contribution < -0.4 is 15.4 Å². The van der Waals surface area contributed by atoms with E-state index in [0.717, 1.165) is 5.69 Å². The molecule has 1 aliphatic rings. The van der Waals surface area contributed by atoms with Crippen molar-refractivity contribution in [1.29, 1.82) is 0 Å². The van der Waals surface area contributed by atoms with Crippen LogP contribution in [0.4, 0.5) is 5.69 Å². The van der Waals surface area contributed by atoms with Gasteiger partial charge < -0.3 is 20.3 Å². The molecule has 1 aliphatic heterocycles. The summed E-state index contributed by atoms with van der Waals surface area (Å²) >= 11 is 0. The van der Waals surface area contributed by atoms with Gasteiger partial charge in [-0.25, -0.2) is 0 Å². The number of hydrogen-bond acceptors (Lipinski definition) is 4. The van der Waals surface area contributed by atoms with Gasteiger partial charge in [0.2, 0.25) is 11.8 Å². The highest BCUT2D eigenvalue weighted by atomic mass is 16.5. The Labute approximate surface area is 137 Å². The molecule has 2 unspecified atom stereocenters. The summed E-state index contributed by atoms with van der Waals surface area (Å²) < 4.78 is 5.59. The number of nitrogens with two attached hydrogens (primary N) is 1. The molecule has 0 bridgehead atoms. The van der Waals surface area contributed by atoms with Crippen molar-refractivity contribution >= 4 is 17.5 Å². The van der Waals surface area contributed by atoms with Crippen molar-refractivity contribution in [2.45, 2.75) is 26.3 Å². The summed E-state index contributed by atoms with van der Waals surface area (Å²) in [7, 11) is 1.74. The van der Waals surface area contributed by atoms with Gasteiger partial charge in [0.15, 0.2) is 0 Å². The number of hydrogen-bond donors (Lipinski definition) is 1. The first-order chi connectivity index (χ1) is 11.0.